The number of nitrogens with zero attached hydrogens (tertiary/aromatic N) is 2. The van der Waals surface area contributed by atoms with Gasteiger partial charge in [-0.3, -0.25) is 9.69 Å². The van der Waals surface area contributed by atoms with Gasteiger partial charge < -0.3 is 4.90 Å². The van der Waals surface area contributed by atoms with Crippen molar-refractivity contribution in [3.8, 4) is 0 Å². The molecule has 1 aliphatic rings. The van der Waals surface area contributed by atoms with Crippen LogP contribution in [0.3, 0.4) is 0 Å². The quantitative estimate of drug-likeness (QED) is 0.734. The van der Waals surface area contributed by atoms with E-state index in [1.807, 2.05) is 23.1 Å². The normalized spacial score (nSPS) is 20.3. The van der Waals surface area contributed by atoms with Crippen molar-refractivity contribution in [3.05, 3.63) is 35.9 Å². The van der Waals surface area contributed by atoms with Crippen molar-refractivity contribution in [1.82, 2.24) is 9.80 Å². The Hall–Kier alpha value is -1.35. The van der Waals surface area contributed by atoms with E-state index >= 15 is 0 Å². The molecular weight excluding hydrogens is 212 g/mol. The van der Waals surface area contributed by atoms with Gasteiger partial charge in [0.25, 0.3) is 5.91 Å². The molecule has 0 N–H and O–H groups in total. The first-order valence-electron chi connectivity index (χ1n) is 5.98. The lowest BCUT2D eigenvalue weighted by molar-refractivity contribution is 0.0311. The first-order valence-corrected chi connectivity index (χ1v) is 5.98. The molecule has 1 fully saturated rings. The van der Waals surface area contributed by atoms with Gasteiger partial charge in [0.1, 0.15) is 0 Å². The van der Waals surface area contributed by atoms with Crippen molar-refractivity contribution >= 4 is 5.91 Å². The number of hydrogen-bond donors (Lipinski definition) is 0. The fourth-order valence-corrected chi connectivity index (χ4v) is 2.11. The number of likely N-dealkylation sites (N-methyl/N-ethyl adjacent to an activating group) is 1. The van der Waals surface area contributed by atoms with E-state index < -0.39 is 0 Å². The number of carbonyl (C=O) groups is 1. The maximum absolute atomic E-state index is 12.3. The summed E-state index contributed by atoms with van der Waals surface area (Å²) < 4.78 is 0. The SMILES string of the molecule is CN1CCN(C(=O)c2[c]cccc2)CC1(C)C. The molecule has 0 aliphatic carbocycles. The van der Waals surface area contributed by atoms with Gasteiger partial charge >= 0.3 is 0 Å². The Labute approximate surface area is 103 Å². The lowest BCUT2D eigenvalue weighted by Gasteiger charge is -2.45. The van der Waals surface area contributed by atoms with E-state index in [1.165, 1.54) is 0 Å². The Kier molecular flexibility index (Phi) is 3.20. The Morgan fingerprint density at radius 3 is 2.71 bits per heavy atom. The van der Waals surface area contributed by atoms with Crippen molar-refractivity contribution in [2.24, 2.45) is 0 Å². The molecule has 1 aliphatic heterocycles. The highest BCUT2D eigenvalue weighted by atomic mass is 16.2. The smallest absolute Gasteiger partial charge is 0.254 e. The third-order valence-electron chi connectivity index (χ3n) is 3.54. The minimum Gasteiger partial charge on any atom is -0.336 e. The second-order valence-corrected chi connectivity index (χ2v) is 5.24. The van der Waals surface area contributed by atoms with Crippen LogP contribution in [0.2, 0.25) is 0 Å². The molecule has 0 atom stereocenters. The molecule has 0 unspecified atom stereocenters. The van der Waals surface area contributed by atoms with Crippen molar-refractivity contribution in [2.75, 3.05) is 26.7 Å². The van der Waals surface area contributed by atoms with E-state index in [2.05, 4.69) is 31.9 Å². The van der Waals surface area contributed by atoms with Gasteiger partial charge in [-0.05, 0) is 33.0 Å². The minimum absolute atomic E-state index is 0.0443. The zero-order valence-electron chi connectivity index (χ0n) is 10.7. The molecule has 1 amide bonds. The van der Waals surface area contributed by atoms with Gasteiger partial charge in [0.05, 0.1) is 0 Å². The number of piperazine rings is 1. The van der Waals surface area contributed by atoms with Crippen LogP contribution in [-0.2, 0) is 0 Å². The van der Waals surface area contributed by atoms with E-state index in [4.69, 9.17) is 0 Å². The van der Waals surface area contributed by atoms with Gasteiger partial charge in [-0.1, -0.05) is 18.2 Å². The fourth-order valence-electron chi connectivity index (χ4n) is 2.11. The Bertz CT molecular complexity index is 400. The lowest BCUT2D eigenvalue weighted by atomic mass is 9.99. The van der Waals surface area contributed by atoms with Crippen LogP contribution >= 0.6 is 0 Å². The summed E-state index contributed by atoms with van der Waals surface area (Å²) in [6.45, 7) is 6.82. The van der Waals surface area contributed by atoms with Crippen LogP contribution in [0.15, 0.2) is 24.3 Å². The van der Waals surface area contributed by atoms with Crippen molar-refractivity contribution in [1.29, 1.82) is 0 Å². The molecule has 17 heavy (non-hydrogen) atoms. The van der Waals surface area contributed by atoms with Crippen LogP contribution in [0.4, 0.5) is 0 Å². The monoisotopic (exact) mass is 231 g/mol. The summed E-state index contributed by atoms with van der Waals surface area (Å²) in [5.41, 5.74) is 0.704. The zero-order chi connectivity index (χ0) is 12.5. The first-order chi connectivity index (χ1) is 8.00. The maximum Gasteiger partial charge on any atom is 0.254 e. The summed E-state index contributed by atoms with van der Waals surface area (Å²) in [6, 6.07) is 10.4. The van der Waals surface area contributed by atoms with Gasteiger partial charge in [0.2, 0.25) is 0 Å². The molecule has 1 aromatic rings. The molecule has 1 aromatic carbocycles. The highest BCUT2D eigenvalue weighted by molar-refractivity contribution is 5.94. The van der Waals surface area contributed by atoms with E-state index in [1.54, 1.807) is 6.07 Å². The number of benzene rings is 1. The number of amides is 1. The molecule has 0 bridgehead atoms. The summed E-state index contributed by atoms with van der Waals surface area (Å²) >= 11 is 0. The van der Waals surface area contributed by atoms with Crippen molar-refractivity contribution < 1.29 is 4.79 Å². The van der Waals surface area contributed by atoms with Crippen LogP contribution in [0.5, 0.6) is 0 Å². The van der Waals surface area contributed by atoms with E-state index in [9.17, 15) is 4.79 Å². The van der Waals surface area contributed by atoms with E-state index in [0.29, 0.717) is 5.56 Å². The Morgan fingerprint density at radius 1 is 1.35 bits per heavy atom. The zero-order valence-corrected chi connectivity index (χ0v) is 10.7. The minimum atomic E-state index is 0.0443. The summed E-state index contributed by atoms with van der Waals surface area (Å²) in [5, 5.41) is 0. The van der Waals surface area contributed by atoms with Crippen LogP contribution in [-0.4, -0.2) is 47.9 Å². The third-order valence-corrected chi connectivity index (χ3v) is 3.54. The average Bonchev–Trinajstić information content (AvgIpc) is 2.33. The highest BCUT2D eigenvalue weighted by Gasteiger charge is 2.33. The summed E-state index contributed by atoms with van der Waals surface area (Å²) in [6.07, 6.45) is 0. The summed E-state index contributed by atoms with van der Waals surface area (Å²) in [5.74, 6) is 0.0896. The highest BCUT2D eigenvalue weighted by Crippen LogP contribution is 2.20. The fraction of sp³-hybridized carbons (Fsp3) is 0.500. The molecular formula is C14H19N2O. The number of carbonyl (C=O) groups excluding carboxylic acids is 1. The molecule has 1 saturated heterocycles. The summed E-state index contributed by atoms with van der Waals surface area (Å²) in [4.78, 5) is 16.5. The molecule has 3 nitrogen and oxygen atoms in total. The van der Waals surface area contributed by atoms with Crippen molar-refractivity contribution in [2.45, 2.75) is 19.4 Å². The molecule has 0 aromatic heterocycles. The van der Waals surface area contributed by atoms with E-state index in [-0.39, 0.29) is 11.4 Å². The Balaban J connectivity index is 2.12. The molecule has 3 heteroatoms. The van der Waals surface area contributed by atoms with Crippen LogP contribution in [0, 0.1) is 6.07 Å². The molecule has 2 rings (SSSR count). The number of hydrogen-bond acceptors (Lipinski definition) is 2. The van der Waals surface area contributed by atoms with Crippen LogP contribution in [0.1, 0.15) is 24.2 Å². The molecule has 91 valence electrons. The largest absolute Gasteiger partial charge is 0.336 e. The standard InChI is InChI=1S/C14H19N2O/c1-14(2)11-16(10-9-15(14)3)13(17)12-7-5-4-6-8-12/h4-7H,9-11H2,1-3H3. The van der Waals surface area contributed by atoms with Crippen LogP contribution in [0.25, 0.3) is 0 Å². The topological polar surface area (TPSA) is 23.6 Å². The second-order valence-electron chi connectivity index (χ2n) is 5.24. The van der Waals surface area contributed by atoms with Gasteiger partial charge in [0, 0.05) is 30.7 Å². The van der Waals surface area contributed by atoms with Gasteiger partial charge in [-0.25, -0.2) is 0 Å². The molecule has 0 spiro atoms. The van der Waals surface area contributed by atoms with Gasteiger partial charge in [-0.15, -0.1) is 0 Å². The second kappa shape index (κ2) is 4.49. The van der Waals surface area contributed by atoms with Crippen LogP contribution < -0.4 is 0 Å². The van der Waals surface area contributed by atoms with Crippen molar-refractivity contribution in [3.63, 3.8) is 0 Å². The Morgan fingerprint density at radius 2 is 2.12 bits per heavy atom. The lowest BCUT2D eigenvalue weighted by Crippen LogP contribution is -2.58. The van der Waals surface area contributed by atoms with Gasteiger partial charge in [0.15, 0.2) is 0 Å². The molecule has 0 saturated carbocycles. The third kappa shape index (κ3) is 2.50. The summed E-state index contributed by atoms with van der Waals surface area (Å²) in [7, 11) is 2.11. The first kappa shape index (κ1) is 12.1. The molecule has 1 heterocycles. The number of rotatable bonds is 1. The molecule has 1 radical (unpaired) electrons. The predicted octanol–water partition coefficient (Wildman–Crippen LogP) is 1.65. The van der Waals surface area contributed by atoms with Gasteiger partial charge in [-0.2, -0.15) is 0 Å². The predicted molar refractivity (Wildman–Crippen MR) is 67.9 cm³/mol. The maximum atomic E-state index is 12.3. The average molecular weight is 231 g/mol. The van der Waals surface area contributed by atoms with E-state index in [0.717, 1.165) is 19.6 Å².